The second kappa shape index (κ2) is 6.44. The van der Waals surface area contributed by atoms with Gasteiger partial charge in [-0.3, -0.25) is 4.68 Å². The number of nitrogens with one attached hydrogen (secondary N) is 1. The van der Waals surface area contributed by atoms with Crippen molar-refractivity contribution in [2.24, 2.45) is 0 Å². The Bertz CT molecular complexity index is 553. The molecule has 0 bridgehead atoms. The van der Waals surface area contributed by atoms with Crippen LogP contribution in [0.25, 0.3) is 0 Å². The summed E-state index contributed by atoms with van der Waals surface area (Å²) >= 11 is 9.55. The Labute approximate surface area is 127 Å². The van der Waals surface area contributed by atoms with Crippen LogP contribution < -0.4 is 5.32 Å². The Hall–Kier alpha value is -1.00. The van der Waals surface area contributed by atoms with Crippen molar-refractivity contribution in [2.75, 3.05) is 5.32 Å². The molecule has 1 aromatic carbocycles. The zero-order valence-corrected chi connectivity index (χ0v) is 13.4. The summed E-state index contributed by atoms with van der Waals surface area (Å²) in [4.78, 5) is 0. The highest BCUT2D eigenvalue weighted by atomic mass is 79.9. The Morgan fingerprint density at radius 3 is 2.89 bits per heavy atom. The third kappa shape index (κ3) is 3.74. The van der Waals surface area contributed by atoms with E-state index in [-0.39, 0.29) is 0 Å². The van der Waals surface area contributed by atoms with Crippen LogP contribution in [0.1, 0.15) is 32.0 Å². The highest BCUT2D eigenvalue weighted by Gasteiger charge is 2.05. The molecular weight excluding hydrogens is 326 g/mol. The Kier molecular flexibility index (Phi) is 4.88. The summed E-state index contributed by atoms with van der Waals surface area (Å²) in [5, 5.41) is 8.55. The molecule has 2 aromatic rings. The molecule has 3 nitrogen and oxygen atoms in total. The Morgan fingerprint density at radius 1 is 1.42 bits per heavy atom. The minimum absolute atomic E-state index is 0.435. The lowest BCUT2D eigenvalue weighted by Gasteiger charge is -2.09. The molecule has 0 saturated heterocycles. The minimum Gasteiger partial charge on any atom is -0.378 e. The van der Waals surface area contributed by atoms with Gasteiger partial charge in [0.25, 0.3) is 0 Å². The minimum atomic E-state index is 0.435. The van der Waals surface area contributed by atoms with Crippen molar-refractivity contribution in [2.45, 2.75) is 32.9 Å². The molecule has 1 heterocycles. The van der Waals surface area contributed by atoms with E-state index in [0.717, 1.165) is 22.3 Å². The first-order chi connectivity index (χ1) is 9.10. The Morgan fingerprint density at radius 2 is 2.21 bits per heavy atom. The van der Waals surface area contributed by atoms with Gasteiger partial charge in [-0.1, -0.05) is 34.5 Å². The molecule has 102 valence electrons. The first-order valence-corrected chi connectivity index (χ1v) is 7.50. The van der Waals surface area contributed by atoms with Gasteiger partial charge in [0.05, 0.1) is 22.9 Å². The second-order valence-corrected chi connectivity index (χ2v) is 5.84. The third-order valence-electron chi connectivity index (χ3n) is 3.10. The largest absolute Gasteiger partial charge is 0.378 e. The molecular formula is C14H17BrClN3. The lowest BCUT2D eigenvalue weighted by Crippen LogP contribution is -2.06. The molecule has 0 aliphatic rings. The molecule has 0 aliphatic heterocycles. The SMILES string of the molecule is CCC(C)n1ccc(CNc2ccc(Br)cc2Cl)n1. The number of hydrogen-bond acceptors (Lipinski definition) is 2. The summed E-state index contributed by atoms with van der Waals surface area (Å²) in [7, 11) is 0. The van der Waals surface area contributed by atoms with Gasteiger partial charge in [0, 0.05) is 16.7 Å². The molecule has 0 spiro atoms. The summed E-state index contributed by atoms with van der Waals surface area (Å²) in [6, 6.07) is 8.27. The molecule has 1 atom stereocenters. The molecule has 1 N–H and O–H groups in total. The first-order valence-electron chi connectivity index (χ1n) is 6.33. The number of nitrogens with zero attached hydrogens (tertiary/aromatic N) is 2. The predicted molar refractivity (Wildman–Crippen MR) is 83.7 cm³/mol. The summed E-state index contributed by atoms with van der Waals surface area (Å²) in [6.45, 7) is 4.99. The summed E-state index contributed by atoms with van der Waals surface area (Å²) in [5.41, 5.74) is 1.93. The predicted octanol–water partition coefficient (Wildman–Crippen LogP) is 4.88. The lowest BCUT2D eigenvalue weighted by atomic mass is 10.3. The average molecular weight is 343 g/mol. The number of halogens is 2. The van der Waals surface area contributed by atoms with Crippen LogP contribution in [0.4, 0.5) is 5.69 Å². The lowest BCUT2D eigenvalue weighted by molar-refractivity contribution is 0.474. The fourth-order valence-corrected chi connectivity index (χ4v) is 2.46. The highest BCUT2D eigenvalue weighted by Crippen LogP contribution is 2.25. The third-order valence-corrected chi connectivity index (χ3v) is 3.90. The van der Waals surface area contributed by atoms with Gasteiger partial charge in [0.15, 0.2) is 0 Å². The topological polar surface area (TPSA) is 29.9 Å². The number of hydrogen-bond donors (Lipinski definition) is 1. The van der Waals surface area contributed by atoms with Gasteiger partial charge in [-0.15, -0.1) is 0 Å². The van der Waals surface area contributed by atoms with E-state index in [1.165, 1.54) is 0 Å². The maximum Gasteiger partial charge on any atom is 0.0815 e. The molecule has 19 heavy (non-hydrogen) atoms. The molecule has 1 aromatic heterocycles. The normalized spacial score (nSPS) is 12.4. The fraction of sp³-hybridized carbons (Fsp3) is 0.357. The zero-order valence-electron chi connectivity index (χ0n) is 11.0. The van der Waals surface area contributed by atoms with E-state index in [2.05, 4.69) is 40.2 Å². The van der Waals surface area contributed by atoms with Crippen LogP contribution in [0.2, 0.25) is 5.02 Å². The maximum absolute atomic E-state index is 6.16. The molecule has 0 radical (unpaired) electrons. The number of aromatic nitrogens is 2. The van der Waals surface area contributed by atoms with Crippen molar-refractivity contribution in [3.8, 4) is 0 Å². The second-order valence-electron chi connectivity index (χ2n) is 4.52. The molecule has 1 unspecified atom stereocenters. The van der Waals surface area contributed by atoms with Crippen LogP contribution in [0.15, 0.2) is 34.9 Å². The van der Waals surface area contributed by atoms with Crippen molar-refractivity contribution >= 4 is 33.2 Å². The number of rotatable bonds is 5. The fourth-order valence-electron chi connectivity index (χ4n) is 1.72. The van der Waals surface area contributed by atoms with Crippen LogP contribution in [-0.2, 0) is 6.54 Å². The van der Waals surface area contributed by atoms with Gasteiger partial charge in [0.2, 0.25) is 0 Å². The molecule has 0 fully saturated rings. The zero-order chi connectivity index (χ0) is 13.8. The maximum atomic E-state index is 6.16. The number of anilines is 1. The summed E-state index contributed by atoms with van der Waals surface area (Å²) in [6.07, 6.45) is 3.10. The van der Waals surface area contributed by atoms with Crippen LogP contribution in [0.3, 0.4) is 0 Å². The highest BCUT2D eigenvalue weighted by molar-refractivity contribution is 9.10. The van der Waals surface area contributed by atoms with Gasteiger partial charge >= 0.3 is 0 Å². The van der Waals surface area contributed by atoms with E-state index in [4.69, 9.17) is 11.6 Å². The van der Waals surface area contributed by atoms with Crippen molar-refractivity contribution in [3.63, 3.8) is 0 Å². The van der Waals surface area contributed by atoms with Gasteiger partial charge in [-0.05, 0) is 37.6 Å². The molecule has 2 rings (SSSR count). The van der Waals surface area contributed by atoms with Crippen molar-refractivity contribution in [3.05, 3.63) is 45.7 Å². The quantitative estimate of drug-likeness (QED) is 0.839. The van der Waals surface area contributed by atoms with E-state index < -0.39 is 0 Å². The van der Waals surface area contributed by atoms with Gasteiger partial charge < -0.3 is 5.32 Å². The Balaban J connectivity index is 2.00. The van der Waals surface area contributed by atoms with E-state index in [1.54, 1.807) is 0 Å². The van der Waals surface area contributed by atoms with Gasteiger partial charge in [0.1, 0.15) is 0 Å². The summed E-state index contributed by atoms with van der Waals surface area (Å²) in [5.74, 6) is 0. The van der Waals surface area contributed by atoms with Crippen LogP contribution in [0, 0.1) is 0 Å². The van der Waals surface area contributed by atoms with E-state index in [9.17, 15) is 0 Å². The summed E-state index contributed by atoms with van der Waals surface area (Å²) < 4.78 is 2.98. The molecule has 5 heteroatoms. The van der Waals surface area contributed by atoms with Gasteiger partial charge in [-0.25, -0.2) is 0 Å². The van der Waals surface area contributed by atoms with Crippen LogP contribution in [-0.4, -0.2) is 9.78 Å². The van der Waals surface area contributed by atoms with Gasteiger partial charge in [-0.2, -0.15) is 5.10 Å². The monoisotopic (exact) mass is 341 g/mol. The van der Waals surface area contributed by atoms with Crippen molar-refractivity contribution in [1.82, 2.24) is 9.78 Å². The molecule has 0 amide bonds. The van der Waals surface area contributed by atoms with E-state index >= 15 is 0 Å². The van der Waals surface area contributed by atoms with Crippen LogP contribution in [0.5, 0.6) is 0 Å². The van der Waals surface area contributed by atoms with E-state index in [1.807, 2.05) is 35.1 Å². The smallest absolute Gasteiger partial charge is 0.0815 e. The molecule has 0 saturated carbocycles. The molecule has 0 aliphatic carbocycles. The first kappa shape index (κ1) is 14.4. The van der Waals surface area contributed by atoms with Crippen molar-refractivity contribution < 1.29 is 0 Å². The average Bonchev–Trinajstić information content (AvgIpc) is 2.85. The standard InChI is InChI=1S/C14H17BrClN3/c1-3-10(2)19-7-6-12(18-19)9-17-14-5-4-11(15)8-13(14)16/h4-8,10,17H,3,9H2,1-2H3. The van der Waals surface area contributed by atoms with E-state index in [0.29, 0.717) is 17.6 Å². The van der Waals surface area contributed by atoms with Crippen LogP contribution >= 0.6 is 27.5 Å². The number of benzene rings is 1. The van der Waals surface area contributed by atoms with Crippen molar-refractivity contribution in [1.29, 1.82) is 0 Å².